The number of alkyl halides is 1. The van der Waals surface area contributed by atoms with Crippen LogP contribution in [-0.4, -0.2) is 39.6 Å². The molecule has 23 heavy (non-hydrogen) atoms. The zero-order chi connectivity index (χ0) is 16.7. The number of benzene rings is 1. The summed E-state index contributed by atoms with van der Waals surface area (Å²) >= 11 is 3.67. The van der Waals surface area contributed by atoms with Crippen LogP contribution in [0.3, 0.4) is 0 Å². The van der Waals surface area contributed by atoms with Crippen molar-refractivity contribution in [3.05, 3.63) is 35.9 Å². The van der Waals surface area contributed by atoms with E-state index in [1.165, 1.54) is 0 Å². The van der Waals surface area contributed by atoms with Crippen LogP contribution in [0.5, 0.6) is 0 Å². The minimum atomic E-state index is -0.474. The summed E-state index contributed by atoms with van der Waals surface area (Å²) in [6, 6.07) is 10.1. The van der Waals surface area contributed by atoms with Gasteiger partial charge in [-0.2, -0.15) is 0 Å². The van der Waals surface area contributed by atoms with Gasteiger partial charge in [0.05, 0.1) is 24.8 Å². The molecule has 1 spiro atoms. The van der Waals surface area contributed by atoms with Crippen molar-refractivity contribution in [2.24, 2.45) is 0 Å². The van der Waals surface area contributed by atoms with E-state index in [-0.39, 0.29) is 17.7 Å². The van der Waals surface area contributed by atoms with Gasteiger partial charge in [0, 0.05) is 4.83 Å². The van der Waals surface area contributed by atoms with Crippen molar-refractivity contribution < 1.29 is 14.3 Å². The zero-order valence-electron chi connectivity index (χ0n) is 13.9. The van der Waals surface area contributed by atoms with Crippen molar-refractivity contribution in [3.63, 3.8) is 0 Å². The van der Waals surface area contributed by atoms with Crippen LogP contribution >= 0.6 is 15.9 Å². The van der Waals surface area contributed by atoms with E-state index in [1.807, 2.05) is 43.9 Å². The Bertz CT molecular complexity index is 571. The van der Waals surface area contributed by atoms with Gasteiger partial charge in [-0.3, -0.25) is 4.90 Å². The highest BCUT2D eigenvalue weighted by molar-refractivity contribution is 9.09. The van der Waals surface area contributed by atoms with Crippen molar-refractivity contribution in [2.75, 3.05) is 6.54 Å². The van der Waals surface area contributed by atoms with Gasteiger partial charge < -0.3 is 9.47 Å². The van der Waals surface area contributed by atoms with Crippen LogP contribution in [-0.2, 0) is 16.1 Å². The summed E-state index contributed by atoms with van der Waals surface area (Å²) in [5.41, 5.74) is 0.560. The third-order valence-corrected chi connectivity index (χ3v) is 5.58. The molecule has 0 aromatic heterocycles. The van der Waals surface area contributed by atoms with Gasteiger partial charge in [-0.05, 0) is 39.2 Å². The van der Waals surface area contributed by atoms with E-state index < -0.39 is 5.60 Å². The van der Waals surface area contributed by atoms with Gasteiger partial charge in [-0.1, -0.05) is 46.3 Å². The first-order valence-electron chi connectivity index (χ1n) is 8.10. The first kappa shape index (κ1) is 16.8. The Labute approximate surface area is 146 Å². The molecule has 1 amide bonds. The lowest BCUT2D eigenvalue weighted by atomic mass is 10.1. The Kier molecular flexibility index (Phi) is 4.45. The molecule has 1 aromatic carbocycles. The standard InChI is InChI=1S/C18H24BrNO3/c1-17(2,3)23-16(21)20-11-14(9-18(20)10-15(18)19)22-12-13-7-5-4-6-8-13/h4-8,14-15H,9-12H2,1-3H3. The first-order chi connectivity index (χ1) is 10.8. The zero-order valence-corrected chi connectivity index (χ0v) is 15.5. The highest BCUT2D eigenvalue weighted by atomic mass is 79.9. The quantitative estimate of drug-likeness (QED) is 0.739. The third-order valence-electron chi connectivity index (χ3n) is 4.40. The van der Waals surface area contributed by atoms with Gasteiger partial charge in [0.2, 0.25) is 0 Å². The average Bonchev–Trinajstić information content (AvgIpc) is 2.94. The van der Waals surface area contributed by atoms with Crippen LogP contribution < -0.4 is 0 Å². The second kappa shape index (κ2) is 6.10. The van der Waals surface area contributed by atoms with Crippen LogP contribution in [0.2, 0.25) is 0 Å². The number of amides is 1. The number of ether oxygens (including phenoxy) is 2. The van der Waals surface area contributed by atoms with Gasteiger partial charge in [0.1, 0.15) is 5.60 Å². The number of hydrogen-bond donors (Lipinski definition) is 0. The number of rotatable bonds is 3. The highest BCUT2D eigenvalue weighted by Gasteiger charge is 2.64. The molecule has 3 unspecified atom stereocenters. The van der Waals surface area contributed by atoms with E-state index in [0.29, 0.717) is 18.0 Å². The molecular weight excluding hydrogens is 358 g/mol. The molecule has 1 aromatic rings. The van der Waals surface area contributed by atoms with Crippen molar-refractivity contribution in [1.29, 1.82) is 0 Å². The van der Waals surface area contributed by atoms with Crippen LogP contribution in [0.15, 0.2) is 30.3 Å². The normalized spacial score (nSPS) is 29.8. The maximum Gasteiger partial charge on any atom is 0.410 e. The predicted octanol–water partition coefficient (Wildman–Crippen LogP) is 4.12. The SMILES string of the molecule is CC(C)(C)OC(=O)N1CC(OCc2ccccc2)CC12CC2Br. The fourth-order valence-electron chi connectivity index (χ4n) is 3.17. The van der Waals surface area contributed by atoms with Crippen LogP contribution in [0.4, 0.5) is 4.79 Å². The lowest BCUT2D eigenvalue weighted by molar-refractivity contribution is 0.0138. The topological polar surface area (TPSA) is 38.8 Å². The van der Waals surface area contributed by atoms with E-state index in [4.69, 9.17) is 9.47 Å². The third kappa shape index (κ3) is 3.72. The largest absolute Gasteiger partial charge is 0.444 e. The molecule has 1 heterocycles. The van der Waals surface area contributed by atoms with E-state index in [9.17, 15) is 4.79 Å². The summed E-state index contributed by atoms with van der Waals surface area (Å²) in [7, 11) is 0. The van der Waals surface area contributed by atoms with E-state index in [1.54, 1.807) is 0 Å². The van der Waals surface area contributed by atoms with Gasteiger partial charge in [0.25, 0.3) is 0 Å². The van der Waals surface area contributed by atoms with Crippen molar-refractivity contribution in [1.82, 2.24) is 4.90 Å². The molecule has 1 saturated carbocycles. The minimum Gasteiger partial charge on any atom is -0.444 e. The first-order valence-corrected chi connectivity index (χ1v) is 9.02. The number of carbonyl (C=O) groups excluding carboxylic acids is 1. The molecule has 126 valence electrons. The molecule has 0 radical (unpaired) electrons. The molecule has 3 atom stereocenters. The molecule has 2 fully saturated rings. The summed E-state index contributed by atoms with van der Waals surface area (Å²) < 4.78 is 11.6. The molecule has 4 nitrogen and oxygen atoms in total. The summed E-state index contributed by atoms with van der Waals surface area (Å²) in [5, 5.41) is 0. The van der Waals surface area contributed by atoms with Crippen LogP contribution in [0.25, 0.3) is 0 Å². The molecule has 0 bridgehead atoms. The van der Waals surface area contributed by atoms with Crippen molar-refractivity contribution >= 4 is 22.0 Å². The molecule has 0 N–H and O–H groups in total. The van der Waals surface area contributed by atoms with E-state index in [0.717, 1.165) is 18.4 Å². The molecule has 2 aliphatic rings. The van der Waals surface area contributed by atoms with Crippen LogP contribution in [0.1, 0.15) is 39.2 Å². The average molecular weight is 382 g/mol. The van der Waals surface area contributed by atoms with E-state index in [2.05, 4.69) is 28.1 Å². The molecule has 1 aliphatic heterocycles. The van der Waals surface area contributed by atoms with Gasteiger partial charge >= 0.3 is 6.09 Å². The summed E-state index contributed by atoms with van der Waals surface area (Å²) in [6.07, 6.45) is 1.67. The van der Waals surface area contributed by atoms with Gasteiger partial charge in [0.15, 0.2) is 0 Å². The van der Waals surface area contributed by atoms with Crippen molar-refractivity contribution in [2.45, 2.75) is 62.3 Å². The highest BCUT2D eigenvalue weighted by Crippen LogP contribution is 2.55. The Hall–Kier alpha value is -1.07. The van der Waals surface area contributed by atoms with Gasteiger partial charge in [-0.25, -0.2) is 4.79 Å². The molecule has 3 rings (SSSR count). The lowest BCUT2D eigenvalue weighted by Gasteiger charge is -2.28. The summed E-state index contributed by atoms with van der Waals surface area (Å²) in [6.45, 7) is 6.88. The maximum atomic E-state index is 12.5. The smallest absolute Gasteiger partial charge is 0.410 e. The number of carbonyl (C=O) groups is 1. The number of nitrogens with zero attached hydrogens (tertiary/aromatic N) is 1. The van der Waals surface area contributed by atoms with Crippen molar-refractivity contribution in [3.8, 4) is 0 Å². The summed E-state index contributed by atoms with van der Waals surface area (Å²) in [4.78, 5) is 14.7. The molecule has 1 saturated heterocycles. The Morgan fingerprint density at radius 3 is 2.52 bits per heavy atom. The fourth-order valence-corrected chi connectivity index (χ4v) is 4.16. The Balaban J connectivity index is 1.62. The second-order valence-corrected chi connectivity index (χ2v) is 8.59. The molecular formula is C18H24BrNO3. The Morgan fingerprint density at radius 1 is 1.30 bits per heavy atom. The lowest BCUT2D eigenvalue weighted by Crippen LogP contribution is -2.42. The Morgan fingerprint density at radius 2 is 1.96 bits per heavy atom. The minimum absolute atomic E-state index is 0.0604. The monoisotopic (exact) mass is 381 g/mol. The number of hydrogen-bond acceptors (Lipinski definition) is 3. The molecule has 1 aliphatic carbocycles. The maximum absolute atomic E-state index is 12.5. The van der Waals surface area contributed by atoms with E-state index >= 15 is 0 Å². The molecule has 5 heteroatoms. The fraction of sp³-hybridized carbons (Fsp3) is 0.611. The number of halogens is 1. The van der Waals surface area contributed by atoms with Crippen LogP contribution in [0, 0.1) is 0 Å². The predicted molar refractivity (Wildman–Crippen MR) is 92.6 cm³/mol. The summed E-state index contributed by atoms with van der Waals surface area (Å²) in [5.74, 6) is 0. The van der Waals surface area contributed by atoms with Gasteiger partial charge in [-0.15, -0.1) is 0 Å². The number of likely N-dealkylation sites (tertiary alicyclic amines) is 1. The second-order valence-electron chi connectivity index (χ2n) is 7.49.